The number of carbonyl (C=O) groups excluding carboxylic acids is 1. The number of hydrogen-bond acceptors (Lipinski definition) is 2. The molecule has 0 amide bonds. The van der Waals surface area contributed by atoms with E-state index in [1.54, 1.807) is 0 Å². The molecule has 0 aliphatic carbocycles. The fourth-order valence-electron chi connectivity index (χ4n) is 1.25. The highest BCUT2D eigenvalue weighted by molar-refractivity contribution is 5.61. The smallest absolute Gasteiger partial charge is 0.318 e. The van der Waals surface area contributed by atoms with Gasteiger partial charge in [0, 0.05) is 0 Å². The van der Waals surface area contributed by atoms with E-state index in [0.717, 1.165) is 0 Å². The minimum atomic E-state index is -4.95. The van der Waals surface area contributed by atoms with Gasteiger partial charge in [0.2, 0.25) is 0 Å². The van der Waals surface area contributed by atoms with E-state index in [2.05, 4.69) is 0 Å². The van der Waals surface area contributed by atoms with Crippen LogP contribution in [0.1, 0.15) is 22.7 Å². The summed E-state index contributed by atoms with van der Waals surface area (Å²) in [6.07, 6.45) is -9.83. The molecule has 0 aromatic heterocycles. The lowest BCUT2D eigenvalue weighted by molar-refractivity contribution is -0.143. The van der Waals surface area contributed by atoms with Gasteiger partial charge in [0.05, 0.1) is 17.2 Å². The lowest BCUT2D eigenvalue weighted by atomic mass is 10.0. The molecule has 1 aromatic rings. The van der Waals surface area contributed by atoms with Gasteiger partial charge in [0.25, 0.3) is 0 Å². The number of rotatable bonds is 2. The van der Waals surface area contributed by atoms with Crippen molar-refractivity contribution in [3.8, 4) is 0 Å². The lowest BCUT2D eigenvalue weighted by Crippen LogP contribution is -2.16. The minimum Gasteiger partial charge on any atom is -0.318 e. The van der Waals surface area contributed by atoms with Gasteiger partial charge in [-0.3, -0.25) is 0 Å². The van der Waals surface area contributed by atoms with Crippen LogP contribution in [-0.2, 0) is 17.1 Å². The molecular formula is C10H7F6NO. The number of benzene rings is 1. The van der Waals surface area contributed by atoms with Crippen molar-refractivity contribution in [3.05, 3.63) is 34.9 Å². The van der Waals surface area contributed by atoms with Crippen LogP contribution >= 0.6 is 0 Å². The third-order valence-corrected chi connectivity index (χ3v) is 2.14. The number of halogens is 6. The molecule has 1 aromatic carbocycles. The first-order valence-corrected chi connectivity index (χ1v) is 4.56. The summed E-state index contributed by atoms with van der Waals surface area (Å²) in [7, 11) is 0. The van der Waals surface area contributed by atoms with E-state index in [1.165, 1.54) is 0 Å². The fraction of sp³-hybridized carbons (Fsp3) is 0.300. The highest BCUT2D eigenvalue weighted by atomic mass is 19.4. The summed E-state index contributed by atoms with van der Waals surface area (Å²) in [6.45, 7) is 0. The molecule has 0 saturated heterocycles. The van der Waals surface area contributed by atoms with E-state index in [0.29, 0.717) is 12.1 Å². The first-order chi connectivity index (χ1) is 8.05. The Kier molecular flexibility index (Phi) is 3.70. The van der Waals surface area contributed by atoms with Crippen molar-refractivity contribution >= 4 is 6.29 Å². The topological polar surface area (TPSA) is 43.1 Å². The Morgan fingerprint density at radius 3 is 1.61 bits per heavy atom. The molecule has 1 unspecified atom stereocenters. The molecule has 2 N–H and O–H groups in total. The molecule has 1 rings (SSSR count). The Morgan fingerprint density at radius 1 is 0.944 bits per heavy atom. The fourth-order valence-corrected chi connectivity index (χ4v) is 1.25. The van der Waals surface area contributed by atoms with Gasteiger partial charge >= 0.3 is 12.4 Å². The van der Waals surface area contributed by atoms with Crippen molar-refractivity contribution in [2.24, 2.45) is 5.73 Å². The van der Waals surface area contributed by atoms with Gasteiger partial charge in [-0.15, -0.1) is 0 Å². The van der Waals surface area contributed by atoms with E-state index in [1.807, 2.05) is 0 Å². The Bertz CT molecular complexity index is 418. The zero-order chi connectivity index (χ0) is 14.1. The van der Waals surface area contributed by atoms with Crippen LogP contribution in [0.3, 0.4) is 0 Å². The van der Waals surface area contributed by atoms with Gasteiger partial charge in [-0.05, 0) is 23.8 Å². The number of hydrogen-bond donors (Lipinski definition) is 1. The van der Waals surface area contributed by atoms with Crippen LogP contribution in [0.2, 0.25) is 0 Å². The van der Waals surface area contributed by atoms with Gasteiger partial charge in [0.15, 0.2) is 0 Å². The summed E-state index contributed by atoms with van der Waals surface area (Å²) in [5.74, 6) is 0. The number of alkyl halides is 6. The van der Waals surface area contributed by atoms with Crippen LogP contribution in [-0.4, -0.2) is 6.29 Å². The number of aldehydes is 1. The van der Waals surface area contributed by atoms with Gasteiger partial charge in [-0.1, -0.05) is 0 Å². The van der Waals surface area contributed by atoms with E-state index < -0.39 is 35.1 Å². The molecule has 0 radical (unpaired) electrons. The summed E-state index contributed by atoms with van der Waals surface area (Å²) in [5, 5.41) is 0. The normalized spacial score (nSPS) is 14.4. The maximum absolute atomic E-state index is 12.4. The lowest BCUT2D eigenvalue weighted by Gasteiger charge is -2.15. The van der Waals surface area contributed by atoms with E-state index >= 15 is 0 Å². The van der Waals surface area contributed by atoms with E-state index in [-0.39, 0.29) is 12.4 Å². The Balaban J connectivity index is 3.43. The molecule has 0 fully saturated rings. The first-order valence-electron chi connectivity index (χ1n) is 4.56. The van der Waals surface area contributed by atoms with Crippen LogP contribution < -0.4 is 5.73 Å². The maximum atomic E-state index is 12.4. The van der Waals surface area contributed by atoms with Crippen molar-refractivity contribution < 1.29 is 31.1 Å². The summed E-state index contributed by atoms with van der Waals surface area (Å²) in [4.78, 5) is 10.3. The third-order valence-electron chi connectivity index (χ3n) is 2.14. The largest absolute Gasteiger partial charge is 0.416 e. The Labute approximate surface area is 97.4 Å². The third kappa shape index (κ3) is 3.22. The molecule has 0 bridgehead atoms. The Hall–Kier alpha value is -1.57. The minimum absolute atomic E-state index is 0.0268. The second-order valence-corrected chi connectivity index (χ2v) is 3.50. The summed E-state index contributed by atoms with van der Waals surface area (Å²) in [5.41, 5.74) is 1.59. The monoisotopic (exact) mass is 271 g/mol. The summed E-state index contributed by atoms with van der Waals surface area (Å²) >= 11 is 0. The van der Waals surface area contributed by atoms with Crippen LogP contribution in [0.25, 0.3) is 0 Å². The second kappa shape index (κ2) is 4.60. The summed E-state index contributed by atoms with van der Waals surface area (Å²) < 4.78 is 74.4. The van der Waals surface area contributed by atoms with Gasteiger partial charge in [-0.2, -0.15) is 26.3 Å². The molecule has 0 heterocycles. The molecular weight excluding hydrogens is 264 g/mol. The molecule has 8 heteroatoms. The van der Waals surface area contributed by atoms with Crippen LogP contribution in [0.4, 0.5) is 26.3 Å². The molecule has 1 atom stereocenters. The predicted octanol–water partition coefficient (Wildman–Crippen LogP) is 2.92. The second-order valence-electron chi connectivity index (χ2n) is 3.50. The average Bonchev–Trinajstić information content (AvgIpc) is 2.25. The van der Waals surface area contributed by atoms with E-state index in [4.69, 9.17) is 5.73 Å². The molecule has 0 aliphatic rings. The van der Waals surface area contributed by atoms with Crippen molar-refractivity contribution in [1.29, 1.82) is 0 Å². The zero-order valence-corrected chi connectivity index (χ0v) is 8.64. The highest BCUT2D eigenvalue weighted by Gasteiger charge is 2.37. The van der Waals surface area contributed by atoms with Gasteiger partial charge in [0.1, 0.15) is 6.29 Å². The zero-order valence-electron chi connectivity index (χ0n) is 8.64. The predicted molar refractivity (Wildman–Crippen MR) is 49.4 cm³/mol. The van der Waals surface area contributed by atoms with Crippen LogP contribution in [0.15, 0.2) is 18.2 Å². The van der Waals surface area contributed by atoms with E-state index in [9.17, 15) is 31.1 Å². The average molecular weight is 271 g/mol. The van der Waals surface area contributed by atoms with Gasteiger partial charge < -0.3 is 10.5 Å². The molecule has 18 heavy (non-hydrogen) atoms. The molecule has 0 spiro atoms. The van der Waals surface area contributed by atoms with Crippen molar-refractivity contribution in [3.63, 3.8) is 0 Å². The SMILES string of the molecule is NC(C=O)c1cc(C(F)(F)F)cc(C(F)(F)F)c1. The molecule has 100 valence electrons. The van der Waals surface area contributed by atoms with Crippen molar-refractivity contribution in [2.75, 3.05) is 0 Å². The summed E-state index contributed by atoms with van der Waals surface area (Å²) in [6, 6.07) is -0.711. The standard InChI is InChI=1S/C10H7F6NO/c11-9(12,13)6-1-5(8(17)4-18)2-7(3-6)10(14,15)16/h1-4,8H,17H2. The maximum Gasteiger partial charge on any atom is 0.416 e. The van der Waals surface area contributed by atoms with Gasteiger partial charge in [-0.25, -0.2) is 0 Å². The van der Waals surface area contributed by atoms with Crippen molar-refractivity contribution in [1.82, 2.24) is 0 Å². The molecule has 0 saturated carbocycles. The van der Waals surface area contributed by atoms with Crippen LogP contribution in [0.5, 0.6) is 0 Å². The molecule has 2 nitrogen and oxygen atoms in total. The highest BCUT2D eigenvalue weighted by Crippen LogP contribution is 2.36. The number of nitrogens with two attached hydrogens (primary N) is 1. The van der Waals surface area contributed by atoms with Crippen LogP contribution in [0, 0.1) is 0 Å². The van der Waals surface area contributed by atoms with Crippen molar-refractivity contribution in [2.45, 2.75) is 18.4 Å². The first kappa shape index (κ1) is 14.5. The number of carbonyl (C=O) groups is 1. The molecule has 0 aliphatic heterocycles. The Morgan fingerprint density at radius 2 is 1.33 bits per heavy atom. The quantitative estimate of drug-likeness (QED) is 0.663.